The van der Waals surface area contributed by atoms with E-state index < -0.39 is 17.4 Å². The Kier molecular flexibility index (Phi) is 11.5. The predicted molar refractivity (Wildman–Crippen MR) is 130 cm³/mol. The number of esters is 2. The average Bonchev–Trinajstić information content (AvgIpc) is 2.84. The van der Waals surface area contributed by atoms with Gasteiger partial charge in [0.05, 0.1) is 6.61 Å². The molecule has 2 aromatic rings. The van der Waals surface area contributed by atoms with Crippen molar-refractivity contribution in [3.8, 4) is 11.5 Å². The second-order valence-corrected chi connectivity index (χ2v) is 8.33. The molecule has 0 aliphatic carbocycles. The largest absolute Gasteiger partial charge is 0.465 e. The van der Waals surface area contributed by atoms with E-state index >= 15 is 0 Å². The summed E-state index contributed by atoms with van der Waals surface area (Å²) < 4.78 is 16.9. The monoisotopic (exact) mass is 454 g/mol. The molecule has 0 atom stereocenters. The van der Waals surface area contributed by atoms with E-state index in [1.54, 1.807) is 0 Å². The van der Waals surface area contributed by atoms with Gasteiger partial charge in [0, 0.05) is 0 Å². The highest BCUT2D eigenvalue weighted by molar-refractivity contribution is 6.00. The van der Waals surface area contributed by atoms with Crippen molar-refractivity contribution < 1.29 is 23.8 Å². The molecule has 0 saturated heterocycles. The van der Waals surface area contributed by atoms with Gasteiger partial charge in [0.2, 0.25) is 0 Å². The highest BCUT2D eigenvalue weighted by Gasteiger charge is 2.45. The second-order valence-electron chi connectivity index (χ2n) is 8.33. The number of para-hydroxylation sites is 1. The van der Waals surface area contributed by atoms with Crippen LogP contribution in [-0.4, -0.2) is 18.5 Å². The molecule has 0 fully saturated rings. The fourth-order valence-corrected chi connectivity index (χ4v) is 3.71. The van der Waals surface area contributed by atoms with E-state index in [1.807, 2.05) is 68.4 Å². The summed E-state index contributed by atoms with van der Waals surface area (Å²) in [5.41, 5.74) is -0.473. The number of benzene rings is 2. The lowest BCUT2D eigenvalue weighted by molar-refractivity contribution is -0.174. The number of carbonyl (C=O) groups excluding carboxylic acids is 2. The third-order valence-electron chi connectivity index (χ3n) is 5.97. The zero-order valence-electron chi connectivity index (χ0n) is 20.3. The third kappa shape index (κ3) is 8.23. The van der Waals surface area contributed by atoms with Crippen molar-refractivity contribution in [3.05, 3.63) is 60.2 Å². The van der Waals surface area contributed by atoms with Gasteiger partial charge in [-0.15, -0.1) is 0 Å². The summed E-state index contributed by atoms with van der Waals surface area (Å²) in [5.74, 6) is 0.378. The van der Waals surface area contributed by atoms with Crippen LogP contribution >= 0.6 is 0 Å². The fraction of sp³-hybridized carbons (Fsp3) is 0.500. The summed E-state index contributed by atoms with van der Waals surface area (Å²) >= 11 is 0. The van der Waals surface area contributed by atoms with Crippen LogP contribution in [0, 0.1) is 5.41 Å². The SMILES string of the molecule is CCCCCCCCOC(=O)C(CC)(CC)C(=O)OCc1cccc(Oc2ccccc2)c1. The zero-order chi connectivity index (χ0) is 23.9. The van der Waals surface area contributed by atoms with E-state index in [0.29, 0.717) is 25.2 Å². The normalized spacial score (nSPS) is 11.1. The van der Waals surface area contributed by atoms with E-state index in [1.165, 1.54) is 19.3 Å². The highest BCUT2D eigenvalue weighted by Crippen LogP contribution is 2.31. The molecular weight excluding hydrogens is 416 g/mol. The van der Waals surface area contributed by atoms with Gasteiger partial charge in [-0.2, -0.15) is 0 Å². The lowest BCUT2D eigenvalue weighted by atomic mass is 9.82. The van der Waals surface area contributed by atoms with Crippen molar-refractivity contribution in [2.24, 2.45) is 5.41 Å². The first kappa shape index (κ1) is 26.4. The van der Waals surface area contributed by atoms with Crippen LogP contribution in [0.4, 0.5) is 0 Å². The molecule has 0 N–H and O–H groups in total. The highest BCUT2D eigenvalue weighted by atomic mass is 16.6. The third-order valence-corrected chi connectivity index (χ3v) is 5.97. The minimum absolute atomic E-state index is 0.0667. The Labute approximate surface area is 198 Å². The molecule has 33 heavy (non-hydrogen) atoms. The summed E-state index contributed by atoms with van der Waals surface area (Å²) in [6, 6.07) is 16.9. The Hall–Kier alpha value is -2.82. The molecule has 0 spiro atoms. The van der Waals surface area contributed by atoms with Crippen LogP contribution in [0.3, 0.4) is 0 Å². The Morgan fingerprint density at radius 2 is 1.36 bits per heavy atom. The van der Waals surface area contributed by atoms with Crippen molar-refractivity contribution in [1.82, 2.24) is 0 Å². The minimum Gasteiger partial charge on any atom is -0.465 e. The van der Waals surface area contributed by atoms with E-state index in [2.05, 4.69) is 6.92 Å². The fourth-order valence-electron chi connectivity index (χ4n) is 3.71. The van der Waals surface area contributed by atoms with Crippen molar-refractivity contribution >= 4 is 11.9 Å². The maximum absolute atomic E-state index is 13.0. The summed E-state index contributed by atoms with van der Waals surface area (Å²) in [6.45, 7) is 6.25. The van der Waals surface area contributed by atoms with E-state index in [-0.39, 0.29) is 6.61 Å². The lowest BCUT2D eigenvalue weighted by Gasteiger charge is -2.27. The Morgan fingerprint density at radius 1 is 0.727 bits per heavy atom. The summed E-state index contributed by atoms with van der Waals surface area (Å²) in [7, 11) is 0. The molecule has 0 heterocycles. The van der Waals surface area contributed by atoms with Gasteiger partial charge in [-0.3, -0.25) is 9.59 Å². The molecule has 0 amide bonds. The number of rotatable bonds is 15. The molecule has 0 aliphatic heterocycles. The van der Waals surface area contributed by atoms with Crippen LogP contribution in [-0.2, 0) is 25.7 Å². The summed E-state index contributed by atoms with van der Waals surface area (Å²) in [4.78, 5) is 25.8. The quantitative estimate of drug-likeness (QED) is 0.161. The van der Waals surface area contributed by atoms with Gasteiger partial charge in [0.25, 0.3) is 0 Å². The molecule has 180 valence electrons. The van der Waals surface area contributed by atoms with Crippen molar-refractivity contribution in [2.75, 3.05) is 6.61 Å². The van der Waals surface area contributed by atoms with Gasteiger partial charge in [-0.05, 0) is 49.1 Å². The number of ether oxygens (including phenoxy) is 3. The van der Waals surface area contributed by atoms with Gasteiger partial charge in [0.15, 0.2) is 5.41 Å². The standard InChI is InChI=1S/C28H38O5/c1-4-7-8-9-10-14-20-31-26(29)28(5-2,6-3)27(30)32-22-23-16-15-19-25(21-23)33-24-17-12-11-13-18-24/h11-13,15-19,21H,4-10,14,20,22H2,1-3H3. The molecule has 0 radical (unpaired) electrons. The van der Waals surface area contributed by atoms with Crippen LogP contribution in [0.1, 0.15) is 77.7 Å². The predicted octanol–water partition coefficient (Wildman–Crippen LogP) is 7.23. The number of hydrogen-bond donors (Lipinski definition) is 0. The van der Waals surface area contributed by atoms with Gasteiger partial charge < -0.3 is 14.2 Å². The Balaban J connectivity index is 1.89. The lowest BCUT2D eigenvalue weighted by Crippen LogP contribution is -2.41. The van der Waals surface area contributed by atoms with Crippen molar-refractivity contribution in [2.45, 2.75) is 78.7 Å². The first-order valence-corrected chi connectivity index (χ1v) is 12.2. The van der Waals surface area contributed by atoms with Crippen LogP contribution in [0.5, 0.6) is 11.5 Å². The maximum Gasteiger partial charge on any atom is 0.323 e. The molecule has 0 aromatic heterocycles. The Morgan fingerprint density at radius 3 is 2.06 bits per heavy atom. The van der Waals surface area contributed by atoms with Gasteiger partial charge in [-0.25, -0.2) is 0 Å². The van der Waals surface area contributed by atoms with Gasteiger partial charge >= 0.3 is 11.9 Å². The summed E-state index contributed by atoms with van der Waals surface area (Å²) in [5, 5.41) is 0. The molecule has 0 aliphatic rings. The molecule has 0 bridgehead atoms. The number of unbranched alkanes of at least 4 members (excludes halogenated alkanes) is 5. The molecule has 5 nitrogen and oxygen atoms in total. The van der Waals surface area contributed by atoms with E-state index in [4.69, 9.17) is 14.2 Å². The Bertz CT molecular complexity index is 842. The molecule has 5 heteroatoms. The molecule has 0 saturated carbocycles. The molecule has 0 unspecified atom stereocenters. The van der Waals surface area contributed by atoms with Crippen LogP contribution in [0.15, 0.2) is 54.6 Å². The smallest absolute Gasteiger partial charge is 0.323 e. The van der Waals surface area contributed by atoms with E-state index in [0.717, 1.165) is 30.6 Å². The van der Waals surface area contributed by atoms with Crippen LogP contribution in [0.25, 0.3) is 0 Å². The zero-order valence-corrected chi connectivity index (χ0v) is 20.3. The summed E-state index contributed by atoms with van der Waals surface area (Å²) in [6.07, 6.45) is 7.34. The maximum atomic E-state index is 13.0. The number of carbonyl (C=O) groups is 2. The van der Waals surface area contributed by atoms with E-state index in [9.17, 15) is 9.59 Å². The van der Waals surface area contributed by atoms with Crippen LogP contribution < -0.4 is 4.74 Å². The topological polar surface area (TPSA) is 61.8 Å². The molecular formula is C28H38O5. The second kappa shape index (κ2) is 14.4. The first-order chi connectivity index (χ1) is 16.1. The number of hydrogen-bond acceptors (Lipinski definition) is 5. The van der Waals surface area contributed by atoms with Crippen molar-refractivity contribution in [1.29, 1.82) is 0 Å². The van der Waals surface area contributed by atoms with Gasteiger partial charge in [0.1, 0.15) is 18.1 Å². The van der Waals surface area contributed by atoms with Gasteiger partial charge in [-0.1, -0.05) is 83.2 Å². The average molecular weight is 455 g/mol. The first-order valence-electron chi connectivity index (χ1n) is 12.2. The van der Waals surface area contributed by atoms with Crippen molar-refractivity contribution in [3.63, 3.8) is 0 Å². The molecule has 2 aromatic carbocycles. The minimum atomic E-state index is -1.26. The molecule has 2 rings (SSSR count). The van der Waals surface area contributed by atoms with Crippen LogP contribution in [0.2, 0.25) is 0 Å².